The summed E-state index contributed by atoms with van der Waals surface area (Å²) >= 11 is 0. The van der Waals surface area contributed by atoms with E-state index in [0.29, 0.717) is 0 Å². The van der Waals surface area contributed by atoms with E-state index in [1.165, 1.54) is 12.8 Å². The van der Waals surface area contributed by atoms with Gasteiger partial charge < -0.3 is 14.9 Å². The molecule has 1 saturated heterocycles. The number of nitrogens with zero attached hydrogens (tertiary/aromatic N) is 2. The van der Waals surface area contributed by atoms with Gasteiger partial charge in [-0.2, -0.15) is 0 Å². The molecule has 82 valence electrons. The molecule has 0 aromatic rings. The van der Waals surface area contributed by atoms with Crippen LogP contribution >= 0.6 is 0 Å². The lowest BCUT2D eigenvalue weighted by Gasteiger charge is -2.39. The highest BCUT2D eigenvalue weighted by atomic mass is 16.3. The second-order valence-electron chi connectivity index (χ2n) is 5.21. The van der Waals surface area contributed by atoms with Crippen molar-refractivity contribution >= 4 is 0 Å². The molecular formula is C11H22N2O. The minimum absolute atomic E-state index is 0.454. The van der Waals surface area contributed by atoms with E-state index < -0.39 is 5.60 Å². The summed E-state index contributed by atoms with van der Waals surface area (Å²) in [5.74, 6) is 0. The smallest absolute Gasteiger partial charge is 0.0900 e. The van der Waals surface area contributed by atoms with E-state index >= 15 is 0 Å². The summed E-state index contributed by atoms with van der Waals surface area (Å²) in [5.41, 5.74) is -0.454. The van der Waals surface area contributed by atoms with Gasteiger partial charge in [0.05, 0.1) is 5.60 Å². The van der Waals surface area contributed by atoms with Crippen molar-refractivity contribution in [3.8, 4) is 0 Å². The molecule has 2 aliphatic rings. The Hall–Kier alpha value is -0.120. The number of piperidine rings is 1. The van der Waals surface area contributed by atoms with E-state index in [9.17, 15) is 5.11 Å². The first-order valence-corrected chi connectivity index (χ1v) is 5.70. The lowest BCUT2D eigenvalue weighted by Crippen LogP contribution is -2.52. The summed E-state index contributed by atoms with van der Waals surface area (Å²) in [6.45, 7) is 2.82. The third-order valence-corrected chi connectivity index (χ3v) is 3.46. The molecule has 1 N–H and O–H groups in total. The molecule has 1 heterocycles. The maximum absolute atomic E-state index is 10.4. The van der Waals surface area contributed by atoms with Crippen molar-refractivity contribution in [2.45, 2.75) is 37.3 Å². The summed E-state index contributed by atoms with van der Waals surface area (Å²) in [4.78, 5) is 4.57. The van der Waals surface area contributed by atoms with E-state index in [4.69, 9.17) is 0 Å². The van der Waals surface area contributed by atoms with Gasteiger partial charge in [-0.25, -0.2) is 0 Å². The molecule has 2 rings (SSSR count). The van der Waals surface area contributed by atoms with E-state index in [1.54, 1.807) is 0 Å². The number of hydrogen-bond donors (Lipinski definition) is 1. The minimum Gasteiger partial charge on any atom is -0.387 e. The molecule has 0 bridgehead atoms. The maximum atomic E-state index is 10.4. The Balaban J connectivity index is 1.86. The molecule has 0 amide bonds. The van der Waals surface area contributed by atoms with Gasteiger partial charge in [0.15, 0.2) is 0 Å². The molecule has 1 atom stereocenters. The second kappa shape index (κ2) is 3.80. The number of likely N-dealkylation sites (tertiary alicyclic amines) is 1. The van der Waals surface area contributed by atoms with Crippen LogP contribution in [-0.4, -0.2) is 60.3 Å². The molecule has 3 nitrogen and oxygen atoms in total. The van der Waals surface area contributed by atoms with E-state index in [-0.39, 0.29) is 0 Å². The van der Waals surface area contributed by atoms with Gasteiger partial charge in [0.1, 0.15) is 0 Å². The summed E-state index contributed by atoms with van der Waals surface area (Å²) in [6.07, 6.45) is 4.74. The topological polar surface area (TPSA) is 26.7 Å². The molecule has 1 saturated carbocycles. The van der Waals surface area contributed by atoms with Crippen molar-refractivity contribution in [3.05, 3.63) is 0 Å². The number of β-amino-alcohol motifs (C(OH)–C–C–N with tert-alkyl or cyclic N) is 1. The Morgan fingerprint density at radius 3 is 2.79 bits per heavy atom. The van der Waals surface area contributed by atoms with Crippen LogP contribution in [0.15, 0.2) is 0 Å². The predicted molar refractivity (Wildman–Crippen MR) is 57.3 cm³/mol. The lowest BCUT2D eigenvalue weighted by molar-refractivity contribution is -0.0441. The summed E-state index contributed by atoms with van der Waals surface area (Å²) in [6, 6.07) is 0.756. The van der Waals surface area contributed by atoms with Crippen LogP contribution in [0.2, 0.25) is 0 Å². The van der Waals surface area contributed by atoms with Gasteiger partial charge in [-0.1, -0.05) is 0 Å². The van der Waals surface area contributed by atoms with Gasteiger partial charge in [-0.3, -0.25) is 0 Å². The predicted octanol–water partition coefficient (Wildman–Crippen LogP) is 0.537. The monoisotopic (exact) mass is 198 g/mol. The standard InChI is InChI=1S/C11H22N2O/c1-12-7-3-6-11(14,8-12)9-13(2)10-4-5-10/h10,14H,3-9H2,1-2H3. The Morgan fingerprint density at radius 1 is 1.50 bits per heavy atom. The number of hydrogen-bond acceptors (Lipinski definition) is 3. The fourth-order valence-corrected chi connectivity index (χ4v) is 2.58. The molecule has 1 aliphatic heterocycles. The van der Waals surface area contributed by atoms with E-state index in [0.717, 1.165) is 38.5 Å². The Morgan fingerprint density at radius 2 is 2.21 bits per heavy atom. The highest BCUT2D eigenvalue weighted by Crippen LogP contribution is 2.29. The average molecular weight is 198 g/mol. The second-order valence-corrected chi connectivity index (χ2v) is 5.21. The van der Waals surface area contributed by atoms with Crippen LogP contribution in [0.4, 0.5) is 0 Å². The van der Waals surface area contributed by atoms with Crippen molar-refractivity contribution in [3.63, 3.8) is 0 Å². The van der Waals surface area contributed by atoms with Crippen LogP contribution in [0.5, 0.6) is 0 Å². The van der Waals surface area contributed by atoms with Gasteiger partial charge in [-0.15, -0.1) is 0 Å². The highest BCUT2D eigenvalue weighted by molar-refractivity contribution is 4.92. The lowest BCUT2D eigenvalue weighted by atomic mass is 9.92. The van der Waals surface area contributed by atoms with Crippen LogP contribution < -0.4 is 0 Å². The first-order chi connectivity index (χ1) is 6.59. The zero-order valence-corrected chi connectivity index (χ0v) is 9.37. The zero-order valence-electron chi connectivity index (χ0n) is 9.37. The largest absolute Gasteiger partial charge is 0.387 e. The summed E-state index contributed by atoms with van der Waals surface area (Å²) in [5, 5.41) is 10.4. The third kappa shape index (κ3) is 2.47. The van der Waals surface area contributed by atoms with Crippen LogP contribution in [-0.2, 0) is 0 Å². The van der Waals surface area contributed by atoms with Gasteiger partial charge in [0.2, 0.25) is 0 Å². The maximum Gasteiger partial charge on any atom is 0.0900 e. The highest BCUT2D eigenvalue weighted by Gasteiger charge is 2.36. The first kappa shape index (κ1) is 10.4. The molecule has 0 aromatic carbocycles. The minimum atomic E-state index is -0.454. The Labute approximate surface area is 86.7 Å². The first-order valence-electron chi connectivity index (χ1n) is 5.70. The van der Waals surface area contributed by atoms with Crippen LogP contribution in [0.1, 0.15) is 25.7 Å². The zero-order chi connectivity index (χ0) is 10.2. The molecular weight excluding hydrogens is 176 g/mol. The van der Waals surface area contributed by atoms with Gasteiger partial charge >= 0.3 is 0 Å². The van der Waals surface area contributed by atoms with Gasteiger partial charge in [0.25, 0.3) is 0 Å². The molecule has 14 heavy (non-hydrogen) atoms. The van der Waals surface area contributed by atoms with E-state index in [2.05, 4.69) is 23.9 Å². The number of rotatable bonds is 3. The van der Waals surface area contributed by atoms with Crippen molar-refractivity contribution in [1.82, 2.24) is 9.80 Å². The third-order valence-electron chi connectivity index (χ3n) is 3.46. The average Bonchev–Trinajstić information content (AvgIpc) is 2.83. The normalized spacial score (nSPS) is 35.1. The fourth-order valence-electron chi connectivity index (χ4n) is 2.58. The molecule has 1 aliphatic carbocycles. The Kier molecular flexibility index (Phi) is 2.82. The van der Waals surface area contributed by atoms with Crippen molar-refractivity contribution in [2.75, 3.05) is 33.7 Å². The summed E-state index contributed by atoms with van der Waals surface area (Å²) in [7, 11) is 4.24. The molecule has 1 unspecified atom stereocenters. The fraction of sp³-hybridized carbons (Fsp3) is 1.00. The molecule has 3 heteroatoms. The molecule has 0 radical (unpaired) electrons. The number of likely N-dealkylation sites (N-methyl/N-ethyl adjacent to an activating group) is 2. The van der Waals surface area contributed by atoms with Crippen molar-refractivity contribution in [1.29, 1.82) is 0 Å². The summed E-state index contributed by atoms with van der Waals surface area (Å²) < 4.78 is 0. The Bertz CT molecular complexity index is 205. The molecule has 0 spiro atoms. The van der Waals surface area contributed by atoms with Crippen molar-refractivity contribution < 1.29 is 5.11 Å². The quantitative estimate of drug-likeness (QED) is 0.717. The number of aliphatic hydroxyl groups is 1. The van der Waals surface area contributed by atoms with E-state index in [1.807, 2.05) is 0 Å². The van der Waals surface area contributed by atoms with Crippen LogP contribution in [0.3, 0.4) is 0 Å². The van der Waals surface area contributed by atoms with Crippen LogP contribution in [0.25, 0.3) is 0 Å². The van der Waals surface area contributed by atoms with Gasteiger partial charge in [0, 0.05) is 19.1 Å². The van der Waals surface area contributed by atoms with Gasteiger partial charge in [-0.05, 0) is 46.3 Å². The van der Waals surface area contributed by atoms with Crippen molar-refractivity contribution in [2.24, 2.45) is 0 Å². The SMILES string of the molecule is CN1CCCC(O)(CN(C)C2CC2)C1. The molecule has 0 aromatic heterocycles. The van der Waals surface area contributed by atoms with Crippen LogP contribution in [0, 0.1) is 0 Å². The molecule has 2 fully saturated rings.